The number of nitrogens with zero attached hydrogens (tertiary/aromatic N) is 2. The van der Waals surface area contributed by atoms with Crippen LogP contribution in [0.2, 0.25) is 0 Å². The van der Waals surface area contributed by atoms with E-state index < -0.39 is 6.04 Å². The quantitative estimate of drug-likeness (QED) is 0.341. The van der Waals surface area contributed by atoms with Crippen LogP contribution in [0.1, 0.15) is 33.4 Å². The van der Waals surface area contributed by atoms with Gasteiger partial charge in [-0.25, -0.2) is 4.98 Å². The van der Waals surface area contributed by atoms with Crippen LogP contribution < -0.4 is 10.3 Å². The van der Waals surface area contributed by atoms with Gasteiger partial charge in [0.2, 0.25) is 5.76 Å². The molecule has 1 amide bonds. The number of anilines is 1. The van der Waals surface area contributed by atoms with E-state index in [1.54, 1.807) is 40.9 Å². The number of hydrogen-bond donors (Lipinski definition) is 0. The minimum atomic E-state index is -0.618. The Morgan fingerprint density at radius 2 is 1.84 bits per heavy atom. The minimum Gasteiger partial charge on any atom is -0.450 e. The Morgan fingerprint density at radius 1 is 1.06 bits per heavy atom. The van der Waals surface area contributed by atoms with Crippen molar-refractivity contribution >= 4 is 50.4 Å². The van der Waals surface area contributed by atoms with Gasteiger partial charge in [0.1, 0.15) is 11.4 Å². The van der Waals surface area contributed by atoms with Gasteiger partial charge in [0.15, 0.2) is 5.43 Å². The summed E-state index contributed by atoms with van der Waals surface area (Å²) < 4.78 is 6.76. The molecule has 7 heteroatoms. The summed E-state index contributed by atoms with van der Waals surface area (Å²) >= 11 is 5.05. The summed E-state index contributed by atoms with van der Waals surface area (Å²) in [4.78, 5) is 34.3. The second kappa shape index (κ2) is 7.66. The van der Waals surface area contributed by atoms with E-state index in [0.717, 1.165) is 20.6 Å². The van der Waals surface area contributed by atoms with E-state index in [4.69, 9.17) is 4.42 Å². The van der Waals surface area contributed by atoms with Gasteiger partial charge in [0, 0.05) is 15.1 Å². The number of fused-ring (bicyclic) bond motifs is 2. The Morgan fingerprint density at radius 3 is 2.55 bits per heavy atom. The van der Waals surface area contributed by atoms with Crippen molar-refractivity contribution < 1.29 is 9.21 Å². The molecule has 1 aliphatic heterocycles. The highest BCUT2D eigenvalue weighted by Crippen LogP contribution is 2.41. The highest BCUT2D eigenvalue weighted by Gasteiger charge is 2.44. The maximum Gasteiger partial charge on any atom is 0.296 e. The number of benzene rings is 2. The van der Waals surface area contributed by atoms with E-state index in [0.29, 0.717) is 22.4 Å². The molecule has 31 heavy (non-hydrogen) atoms. The van der Waals surface area contributed by atoms with Crippen molar-refractivity contribution in [2.75, 3.05) is 11.2 Å². The first-order valence-corrected chi connectivity index (χ1v) is 11.7. The molecule has 0 fully saturated rings. The van der Waals surface area contributed by atoms with Gasteiger partial charge in [-0.1, -0.05) is 34.1 Å². The van der Waals surface area contributed by atoms with Gasteiger partial charge in [0.05, 0.1) is 17.0 Å². The third kappa shape index (κ3) is 3.28. The van der Waals surface area contributed by atoms with Gasteiger partial charge in [0.25, 0.3) is 5.91 Å². The van der Waals surface area contributed by atoms with E-state index in [1.165, 1.54) is 0 Å². The van der Waals surface area contributed by atoms with Crippen LogP contribution in [0, 0.1) is 6.92 Å². The molecule has 0 N–H and O–H groups in total. The molecule has 2 aromatic carbocycles. The van der Waals surface area contributed by atoms with E-state index in [-0.39, 0.29) is 17.1 Å². The molecule has 0 bridgehead atoms. The first kappa shape index (κ1) is 20.0. The van der Waals surface area contributed by atoms with Gasteiger partial charge in [-0.15, -0.1) is 11.8 Å². The molecule has 4 aromatic rings. The van der Waals surface area contributed by atoms with Crippen molar-refractivity contribution in [1.29, 1.82) is 0 Å². The molecule has 0 spiro atoms. The summed E-state index contributed by atoms with van der Waals surface area (Å²) in [5.41, 5.74) is 2.13. The molecular weight excluding hydrogens is 476 g/mol. The van der Waals surface area contributed by atoms with E-state index >= 15 is 0 Å². The molecule has 0 radical (unpaired) electrons. The Hall–Kier alpha value is -2.90. The fourth-order valence-corrected chi connectivity index (χ4v) is 4.72. The number of halogens is 1. The topological polar surface area (TPSA) is 63.4 Å². The maximum absolute atomic E-state index is 13.6. The first-order valence-electron chi connectivity index (χ1n) is 9.65. The average molecular weight is 493 g/mol. The third-order valence-corrected chi connectivity index (χ3v) is 6.62. The lowest BCUT2D eigenvalue weighted by Crippen LogP contribution is -2.30. The van der Waals surface area contributed by atoms with Crippen LogP contribution in [0.4, 0.5) is 5.82 Å². The molecule has 1 aliphatic rings. The van der Waals surface area contributed by atoms with Crippen molar-refractivity contribution in [3.63, 3.8) is 0 Å². The molecule has 5 rings (SSSR count). The number of aromatic nitrogens is 1. The lowest BCUT2D eigenvalue weighted by atomic mass is 9.98. The number of carbonyl (C=O) groups excluding carboxylic acids is 1. The molecule has 0 saturated heterocycles. The van der Waals surface area contributed by atoms with Crippen molar-refractivity contribution in [2.45, 2.75) is 17.9 Å². The number of pyridine rings is 1. The lowest BCUT2D eigenvalue weighted by Gasteiger charge is -2.24. The Balaban J connectivity index is 1.80. The van der Waals surface area contributed by atoms with Crippen molar-refractivity contribution in [3.05, 3.63) is 97.9 Å². The highest BCUT2D eigenvalue weighted by molar-refractivity contribution is 9.10. The van der Waals surface area contributed by atoms with Crippen LogP contribution in [0.15, 0.2) is 79.2 Å². The fourth-order valence-electron chi connectivity index (χ4n) is 3.95. The molecule has 1 unspecified atom stereocenters. The van der Waals surface area contributed by atoms with Gasteiger partial charge in [-0.2, -0.15) is 0 Å². The Kier molecular flexibility index (Phi) is 4.95. The summed E-state index contributed by atoms with van der Waals surface area (Å²) in [7, 11) is 0. The highest BCUT2D eigenvalue weighted by atomic mass is 79.9. The molecular formula is C24H17BrN2O3S. The van der Waals surface area contributed by atoms with Crippen molar-refractivity contribution in [3.8, 4) is 0 Å². The number of carbonyl (C=O) groups is 1. The molecule has 0 saturated carbocycles. The molecule has 3 heterocycles. The van der Waals surface area contributed by atoms with E-state index in [9.17, 15) is 9.59 Å². The maximum atomic E-state index is 13.6. The van der Waals surface area contributed by atoms with Crippen molar-refractivity contribution in [1.82, 2.24) is 4.98 Å². The first-order chi connectivity index (χ1) is 15.0. The van der Waals surface area contributed by atoms with Crippen LogP contribution >= 0.6 is 27.7 Å². The van der Waals surface area contributed by atoms with Crippen LogP contribution in [0.3, 0.4) is 0 Å². The van der Waals surface area contributed by atoms with Crippen molar-refractivity contribution in [2.24, 2.45) is 0 Å². The smallest absolute Gasteiger partial charge is 0.296 e. The number of amides is 1. The number of hydrogen-bond acceptors (Lipinski definition) is 5. The zero-order valence-electron chi connectivity index (χ0n) is 16.8. The zero-order valence-corrected chi connectivity index (χ0v) is 19.2. The Bertz CT molecular complexity index is 1400. The average Bonchev–Trinajstić information content (AvgIpc) is 3.07. The third-order valence-electron chi connectivity index (χ3n) is 5.38. The van der Waals surface area contributed by atoms with E-state index in [1.807, 2.05) is 49.6 Å². The summed E-state index contributed by atoms with van der Waals surface area (Å²) in [6, 6.07) is 18.0. The lowest BCUT2D eigenvalue weighted by molar-refractivity contribution is 0.0970. The van der Waals surface area contributed by atoms with Gasteiger partial charge >= 0.3 is 0 Å². The normalized spacial score (nSPS) is 15.5. The second-order valence-electron chi connectivity index (χ2n) is 7.30. The monoisotopic (exact) mass is 492 g/mol. The van der Waals surface area contributed by atoms with Gasteiger partial charge in [-0.3, -0.25) is 14.5 Å². The van der Waals surface area contributed by atoms with E-state index in [2.05, 4.69) is 20.9 Å². The standard InChI is InChI=1S/C24H17BrN2O3S/c1-13-4-3-5-19(26-13)27-21(14-6-9-16(31-2)10-7-14)20-22(28)17-12-15(25)8-11-18(17)30-23(20)24(27)29/h3-12,21H,1-2H3. The second-order valence-corrected chi connectivity index (χ2v) is 9.10. The molecule has 1 atom stereocenters. The number of thioether (sulfide) groups is 1. The van der Waals surface area contributed by atoms with Crippen LogP contribution in [0.5, 0.6) is 0 Å². The SMILES string of the molecule is CSc1ccc(C2c3c(oc4ccc(Br)cc4c3=O)C(=O)N2c2cccc(C)n2)cc1. The summed E-state index contributed by atoms with van der Waals surface area (Å²) in [5.74, 6) is 0.191. The Labute approximate surface area is 191 Å². The summed E-state index contributed by atoms with van der Waals surface area (Å²) in [5, 5.41) is 0.436. The van der Waals surface area contributed by atoms with Gasteiger partial charge in [-0.05, 0) is 61.2 Å². The number of aryl methyl sites for hydroxylation is 1. The molecule has 2 aromatic heterocycles. The predicted molar refractivity (Wildman–Crippen MR) is 126 cm³/mol. The fraction of sp³-hybridized carbons (Fsp3) is 0.125. The van der Waals surface area contributed by atoms with Crippen LogP contribution in [-0.2, 0) is 0 Å². The van der Waals surface area contributed by atoms with Crippen LogP contribution in [-0.4, -0.2) is 17.1 Å². The predicted octanol–water partition coefficient (Wildman–Crippen LogP) is 5.73. The van der Waals surface area contributed by atoms with Gasteiger partial charge < -0.3 is 4.42 Å². The molecule has 0 aliphatic carbocycles. The number of rotatable bonds is 3. The largest absolute Gasteiger partial charge is 0.450 e. The molecule has 154 valence electrons. The zero-order chi connectivity index (χ0) is 21.7. The van der Waals surface area contributed by atoms with Crippen LogP contribution in [0.25, 0.3) is 11.0 Å². The summed E-state index contributed by atoms with van der Waals surface area (Å²) in [6.07, 6.45) is 2.00. The minimum absolute atomic E-state index is 0.0714. The molecule has 5 nitrogen and oxygen atoms in total. The summed E-state index contributed by atoms with van der Waals surface area (Å²) in [6.45, 7) is 1.87.